The van der Waals surface area contributed by atoms with Crippen LogP contribution < -0.4 is 10.6 Å². The molecule has 1 fully saturated rings. The van der Waals surface area contributed by atoms with Crippen molar-refractivity contribution in [2.75, 3.05) is 31.1 Å². The predicted molar refractivity (Wildman–Crippen MR) is 92.4 cm³/mol. The van der Waals surface area contributed by atoms with E-state index in [1.54, 1.807) is 0 Å². The number of hydrogen-bond acceptors (Lipinski definition) is 5. The topological polar surface area (TPSA) is 101 Å². The number of guanidine groups is 1. The van der Waals surface area contributed by atoms with Gasteiger partial charge < -0.3 is 15.5 Å². The maximum Gasteiger partial charge on any atom is 0.313 e. The first-order chi connectivity index (χ1) is 11.6. The van der Waals surface area contributed by atoms with Gasteiger partial charge in [0.15, 0.2) is 5.96 Å². The second kappa shape index (κ2) is 6.95. The molecule has 1 saturated heterocycles. The third kappa shape index (κ3) is 3.43. The summed E-state index contributed by atoms with van der Waals surface area (Å²) in [4.78, 5) is 22.8. The zero-order valence-electron chi connectivity index (χ0n) is 13.1. The number of rotatable bonds is 3. The van der Waals surface area contributed by atoms with Gasteiger partial charge in [0.2, 0.25) is 5.82 Å². The Morgan fingerprint density at radius 3 is 2.50 bits per heavy atom. The van der Waals surface area contributed by atoms with E-state index < -0.39 is 4.92 Å². The molecular weight excluding hydrogens is 308 g/mol. The van der Waals surface area contributed by atoms with Crippen molar-refractivity contribution in [1.82, 2.24) is 9.88 Å². The Bertz CT molecular complexity index is 741. The minimum Gasteiger partial charge on any atom is -0.369 e. The van der Waals surface area contributed by atoms with E-state index in [2.05, 4.69) is 27.0 Å². The minimum atomic E-state index is -0.507. The number of hydrogen-bond donors (Lipinski definition) is 1. The predicted octanol–water partition coefficient (Wildman–Crippen LogP) is 1.76. The molecule has 1 aliphatic heterocycles. The number of pyridine rings is 1. The summed E-state index contributed by atoms with van der Waals surface area (Å²) < 4.78 is 0. The van der Waals surface area contributed by atoms with E-state index in [0.29, 0.717) is 13.1 Å². The Labute approximate surface area is 139 Å². The number of nitro groups is 1. The highest BCUT2D eigenvalue weighted by Gasteiger charge is 2.20. The van der Waals surface area contributed by atoms with E-state index in [-0.39, 0.29) is 17.5 Å². The van der Waals surface area contributed by atoms with E-state index in [1.807, 2.05) is 23.1 Å². The van der Waals surface area contributed by atoms with Gasteiger partial charge >= 0.3 is 5.69 Å². The first-order valence-corrected chi connectivity index (χ1v) is 7.63. The summed E-state index contributed by atoms with van der Waals surface area (Å²) in [5.41, 5.74) is 7.05. The molecule has 1 aromatic heterocycles. The summed E-state index contributed by atoms with van der Waals surface area (Å²) in [6.07, 6.45) is 1.46. The van der Waals surface area contributed by atoms with Gasteiger partial charge in [-0.15, -0.1) is 0 Å². The van der Waals surface area contributed by atoms with Crippen LogP contribution in [0.4, 0.5) is 17.2 Å². The lowest BCUT2D eigenvalue weighted by Crippen LogP contribution is -2.51. The monoisotopic (exact) mass is 326 g/mol. The molecule has 2 aromatic rings. The van der Waals surface area contributed by atoms with Crippen molar-refractivity contribution in [2.45, 2.75) is 0 Å². The molecule has 0 amide bonds. The Balaban J connectivity index is 1.69. The maximum atomic E-state index is 11.0. The second-order valence-electron chi connectivity index (χ2n) is 5.38. The van der Waals surface area contributed by atoms with Gasteiger partial charge in [0.1, 0.15) is 0 Å². The quantitative estimate of drug-likeness (QED) is 0.399. The molecule has 8 nitrogen and oxygen atoms in total. The molecule has 3 rings (SSSR count). The van der Waals surface area contributed by atoms with E-state index >= 15 is 0 Å². The highest BCUT2D eigenvalue weighted by atomic mass is 16.6. The van der Waals surface area contributed by atoms with Crippen LogP contribution in [0.15, 0.2) is 53.7 Å². The van der Waals surface area contributed by atoms with Gasteiger partial charge in [-0.3, -0.25) is 10.1 Å². The number of nitrogens with two attached hydrogens (primary N) is 1. The van der Waals surface area contributed by atoms with Gasteiger partial charge in [0, 0.05) is 44.1 Å². The number of benzene rings is 1. The van der Waals surface area contributed by atoms with Crippen molar-refractivity contribution >= 4 is 23.2 Å². The van der Waals surface area contributed by atoms with Crippen LogP contribution >= 0.6 is 0 Å². The molecule has 124 valence electrons. The van der Waals surface area contributed by atoms with Gasteiger partial charge in [0.05, 0.1) is 4.92 Å². The van der Waals surface area contributed by atoms with Crippen LogP contribution in [0, 0.1) is 10.1 Å². The SMILES string of the molecule is N/C(=N\c1ncccc1[N+](=O)[O-])N1CCN(c2ccccc2)CC1. The smallest absolute Gasteiger partial charge is 0.313 e. The van der Waals surface area contributed by atoms with E-state index in [1.165, 1.54) is 24.0 Å². The molecule has 0 saturated carbocycles. The van der Waals surface area contributed by atoms with E-state index in [0.717, 1.165) is 13.1 Å². The molecule has 24 heavy (non-hydrogen) atoms. The molecule has 0 aliphatic carbocycles. The molecule has 0 unspecified atom stereocenters. The summed E-state index contributed by atoms with van der Waals surface area (Å²) in [7, 11) is 0. The van der Waals surface area contributed by atoms with Crippen molar-refractivity contribution in [3.8, 4) is 0 Å². The average Bonchev–Trinajstić information content (AvgIpc) is 2.63. The fourth-order valence-corrected chi connectivity index (χ4v) is 2.63. The Hall–Kier alpha value is -3.16. The van der Waals surface area contributed by atoms with Gasteiger partial charge in [-0.05, 0) is 18.2 Å². The van der Waals surface area contributed by atoms with Crippen LogP contribution in [0.5, 0.6) is 0 Å². The molecule has 0 atom stereocenters. The number of piperazine rings is 1. The molecule has 0 bridgehead atoms. The first kappa shape index (κ1) is 15.7. The van der Waals surface area contributed by atoms with E-state index in [9.17, 15) is 10.1 Å². The van der Waals surface area contributed by atoms with Crippen molar-refractivity contribution in [3.63, 3.8) is 0 Å². The van der Waals surface area contributed by atoms with Crippen molar-refractivity contribution in [1.29, 1.82) is 0 Å². The molecule has 8 heteroatoms. The molecular formula is C16H18N6O2. The van der Waals surface area contributed by atoms with Gasteiger partial charge in [-0.25, -0.2) is 4.98 Å². The zero-order chi connectivity index (χ0) is 16.9. The minimum absolute atomic E-state index is 0.0329. The van der Waals surface area contributed by atoms with E-state index in [4.69, 9.17) is 5.73 Å². The summed E-state index contributed by atoms with van der Waals surface area (Å²) in [5, 5.41) is 11.0. The Morgan fingerprint density at radius 2 is 1.83 bits per heavy atom. The normalized spacial score (nSPS) is 15.4. The lowest BCUT2D eigenvalue weighted by atomic mass is 10.2. The van der Waals surface area contributed by atoms with Crippen LogP contribution in [0.3, 0.4) is 0 Å². The molecule has 0 spiro atoms. The van der Waals surface area contributed by atoms with Crippen LogP contribution in [0.2, 0.25) is 0 Å². The summed E-state index contributed by atoms with van der Waals surface area (Å²) in [6, 6.07) is 13.0. The molecule has 1 aromatic carbocycles. The van der Waals surface area contributed by atoms with Crippen LogP contribution in [0.1, 0.15) is 0 Å². The number of aromatic nitrogens is 1. The zero-order valence-corrected chi connectivity index (χ0v) is 13.1. The van der Waals surface area contributed by atoms with Crippen LogP contribution in [0.25, 0.3) is 0 Å². The standard InChI is InChI=1S/C16H18N6O2/c17-16(19-15-14(22(23)24)7-4-8-18-15)21-11-9-20(10-12-21)13-5-2-1-3-6-13/h1-8H,9-12H2,(H2,17,18,19). The van der Waals surface area contributed by atoms with Crippen molar-refractivity contribution < 1.29 is 4.92 Å². The lowest BCUT2D eigenvalue weighted by molar-refractivity contribution is -0.384. The van der Waals surface area contributed by atoms with Crippen LogP contribution in [-0.2, 0) is 0 Å². The number of aliphatic imine (C=N–C) groups is 1. The average molecular weight is 326 g/mol. The van der Waals surface area contributed by atoms with Crippen LogP contribution in [-0.4, -0.2) is 46.9 Å². The first-order valence-electron chi connectivity index (χ1n) is 7.63. The number of nitrogens with zero attached hydrogens (tertiary/aromatic N) is 5. The third-order valence-electron chi connectivity index (χ3n) is 3.91. The fourth-order valence-electron chi connectivity index (χ4n) is 2.63. The second-order valence-corrected chi connectivity index (χ2v) is 5.38. The molecule has 1 aliphatic rings. The maximum absolute atomic E-state index is 11.0. The summed E-state index contributed by atoms with van der Waals surface area (Å²) in [6.45, 7) is 3.02. The van der Waals surface area contributed by atoms with Crippen molar-refractivity contribution in [3.05, 3.63) is 58.8 Å². The highest BCUT2D eigenvalue weighted by Crippen LogP contribution is 2.23. The summed E-state index contributed by atoms with van der Waals surface area (Å²) >= 11 is 0. The number of para-hydroxylation sites is 1. The third-order valence-corrected chi connectivity index (χ3v) is 3.91. The Morgan fingerprint density at radius 1 is 1.12 bits per heavy atom. The molecule has 2 heterocycles. The van der Waals surface area contributed by atoms with Gasteiger partial charge in [-0.2, -0.15) is 4.99 Å². The van der Waals surface area contributed by atoms with Crippen molar-refractivity contribution in [2.24, 2.45) is 10.7 Å². The van der Waals surface area contributed by atoms with Gasteiger partial charge in [0.25, 0.3) is 0 Å². The summed E-state index contributed by atoms with van der Waals surface area (Å²) in [5.74, 6) is 0.287. The van der Waals surface area contributed by atoms with Gasteiger partial charge in [-0.1, -0.05) is 18.2 Å². The fraction of sp³-hybridized carbons (Fsp3) is 0.250. The Kier molecular flexibility index (Phi) is 4.55. The highest BCUT2D eigenvalue weighted by molar-refractivity contribution is 5.82. The largest absolute Gasteiger partial charge is 0.369 e. The lowest BCUT2D eigenvalue weighted by Gasteiger charge is -2.36. The molecule has 0 radical (unpaired) electrons. The molecule has 2 N–H and O–H groups in total. The number of anilines is 1.